The third-order valence-electron chi connectivity index (χ3n) is 2.46. The SMILES string of the molecule is NC(CCN1CCC1C(=O)O)C(=O)O. The van der Waals surface area contributed by atoms with Gasteiger partial charge in [-0.1, -0.05) is 0 Å². The standard InChI is InChI=1S/C8H14N2O4/c9-5(7(11)12)1-3-10-4-2-6(10)8(13)14/h5-6H,1-4,9H2,(H,11,12)(H,13,14). The first kappa shape index (κ1) is 10.9. The lowest BCUT2D eigenvalue weighted by Crippen LogP contribution is -2.53. The molecule has 6 nitrogen and oxygen atoms in total. The van der Waals surface area contributed by atoms with Crippen LogP contribution >= 0.6 is 0 Å². The van der Waals surface area contributed by atoms with Crippen LogP contribution in [0.25, 0.3) is 0 Å². The average molecular weight is 202 g/mol. The van der Waals surface area contributed by atoms with Crippen molar-refractivity contribution in [2.75, 3.05) is 13.1 Å². The van der Waals surface area contributed by atoms with Crippen LogP contribution in [0.2, 0.25) is 0 Å². The minimum absolute atomic E-state index is 0.291. The minimum Gasteiger partial charge on any atom is -0.480 e. The molecule has 14 heavy (non-hydrogen) atoms. The molecule has 0 spiro atoms. The fourth-order valence-electron chi connectivity index (χ4n) is 1.42. The molecule has 1 saturated heterocycles. The normalized spacial score (nSPS) is 23.9. The molecule has 1 rings (SSSR count). The van der Waals surface area contributed by atoms with Gasteiger partial charge in [0, 0.05) is 13.1 Å². The number of carbonyl (C=O) groups is 2. The van der Waals surface area contributed by atoms with E-state index < -0.39 is 24.0 Å². The number of carboxylic acids is 2. The fourth-order valence-corrected chi connectivity index (χ4v) is 1.42. The Bertz CT molecular complexity index is 243. The molecule has 2 atom stereocenters. The van der Waals surface area contributed by atoms with Gasteiger partial charge in [-0.15, -0.1) is 0 Å². The van der Waals surface area contributed by atoms with Gasteiger partial charge in [0.05, 0.1) is 0 Å². The molecule has 2 unspecified atom stereocenters. The molecular weight excluding hydrogens is 188 g/mol. The van der Waals surface area contributed by atoms with Crippen molar-refractivity contribution in [3.8, 4) is 0 Å². The summed E-state index contributed by atoms with van der Waals surface area (Å²) >= 11 is 0. The molecule has 1 aliphatic heterocycles. The molecule has 0 saturated carbocycles. The number of carboxylic acid groups (broad SMARTS) is 2. The van der Waals surface area contributed by atoms with Gasteiger partial charge in [0.15, 0.2) is 0 Å². The van der Waals surface area contributed by atoms with Gasteiger partial charge >= 0.3 is 11.9 Å². The lowest BCUT2D eigenvalue weighted by molar-refractivity contribution is -0.148. The van der Waals surface area contributed by atoms with Gasteiger partial charge in [0.2, 0.25) is 0 Å². The highest BCUT2D eigenvalue weighted by molar-refractivity contribution is 5.74. The van der Waals surface area contributed by atoms with Crippen LogP contribution in [0.1, 0.15) is 12.8 Å². The largest absolute Gasteiger partial charge is 0.480 e. The number of nitrogens with two attached hydrogens (primary N) is 1. The third-order valence-corrected chi connectivity index (χ3v) is 2.46. The van der Waals surface area contributed by atoms with E-state index >= 15 is 0 Å². The van der Waals surface area contributed by atoms with Crippen LogP contribution in [0.15, 0.2) is 0 Å². The highest BCUT2D eigenvalue weighted by Gasteiger charge is 2.33. The summed E-state index contributed by atoms with van der Waals surface area (Å²) in [5.74, 6) is -1.89. The molecular formula is C8H14N2O4. The van der Waals surface area contributed by atoms with Crippen molar-refractivity contribution < 1.29 is 19.8 Å². The average Bonchev–Trinajstić information content (AvgIpc) is 2.00. The Balaban J connectivity index is 2.26. The Morgan fingerprint density at radius 2 is 2.14 bits per heavy atom. The maximum absolute atomic E-state index is 10.6. The van der Waals surface area contributed by atoms with Gasteiger partial charge in [0.25, 0.3) is 0 Å². The molecule has 6 heteroatoms. The van der Waals surface area contributed by atoms with Crippen LogP contribution in [0.4, 0.5) is 0 Å². The van der Waals surface area contributed by atoms with E-state index in [1.807, 2.05) is 0 Å². The molecule has 1 aliphatic rings. The topological polar surface area (TPSA) is 104 Å². The zero-order valence-corrected chi connectivity index (χ0v) is 7.72. The Labute approximate surface area is 81.3 Å². The zero-order chi connectivity index (χ0) is 10.7. The van der Waals surface area contributed by atoms with E-state index in [2.05, 4.69) is 0 Å². The van der Waals surface area contributed by atoms with E-state index in [1.165, 1.54) is 0 Å². The van der Waals surface area contributed by atoms with Gasteiger partial charge < -0.3 is 15.9 Å². The van der Waals surface area contributed by atoms with Crippen molar-refractivity contribution in [1.82, 2.24) is 4.90 Å². The number of hydrogen-bond donors (Lipinski definition) is 3. The summed E-state index contributed by atoms with van der Waals surface area (Å²) < 4.78 is 0. The van der Waals surface area contributed by atoms with Gasteiger partial charge in [-0.3, -0.25) is 14.5 Å². The zero-order valence-electron chi connectivity index (χ0n) is 7.72. The smallest absolute Gasteiger partial charge is 0.320 e. The first-order chi connectivity index (χ1) is 6.52. The molecule has 1 heterocycles. The molecule has 0 bridgehead atoms. The third kappa shape index (κ3) is 2.43. The Hall–Kier alpha value is -1.14. The van der Waals surface area contributed by atoms with E-state index in [1.54, 1.807) is 4.90 Å². The van der Waals surface area contributed by atoms with Crippen molar-refractivity contribution in [3.05, 3.63) is 0 Å². The number of hydrogen-bond acceptors (Lipinski definition) is 4. The molecule has 0 aromatic heterocycles. The van der Waals surface area contributed by atoms with E-state index in [4.69, 9.17) is 15.9 Å². The second-order valence-corrected chi connectivity index (χ2v) is 3.41. The molecule has 0 aliphatic carbocycles. The predicted octanol–water partition coefficient (Wildman–Crippen LogP) is -1.05. The summed E-state index contributed by atoms with van der Waals surface area (Å²) in [5, 5.41) is 17.2. The van der Waals surface area contributed by atoms with E-state index in [0.717, 1.165) is 0 Å². The van der Waals surface area contributed by atoms with Crippen LogP contribution in [-0.2, 0) is 9.59 Å². The van der Waals surface area contributed by atoms with Crippen molar-refractivity contribution >= 4 is 11.9 Å². The predicted molar refractivity (Wildman–Crippen MR) is 47.8 cm³/mol. The van der Waals surface area contributed by atoms with E-state index in [-0.39, 0.29) is 0 Å². The highest BCUT2D eigenvalue weighted by atomic mass is 16.4. The van der Waals surface area contributed by atoms with Crippen molar-refractivity contribution in [2.45, 2.75) is 24.9 Å². The number of aliphatic carboxylic acids is 2. The lowest BCUT2D eigenvalue weighted by Gasteiger charge is -2.38. The number of likely N-dealkylation sites (tertiary alicyclic amines) is 1. The first-order valence-electron chi connectivity index (χ1n) is 4.47. The molecule has 0 amide bonds. The summed E-state index contributed by atoms with van der Waals surface area (Å²) in [4.78, 5) is 22.7. The second-order valence-electron chi connectivity index (χ2n) is 3.41. The maximum atomic E-state index is 10.6. The van der Waals surface area contributed by atoms with Gasteiger partial charge in [-0.25, -0.2) is 0 Å². The molecule has 80 valence electrons. The summed E-state index contributed by atoms with van der Waals surface area (Å²) in [7, 11) is 0. The van der Waals surface area contributed by atoms with Crippen molar-refractivity contribution in [1.29, 1.82) is 0 Å². The van der Waals surface area contributed by atoms with Gasteiger partial charge in [0.1, 0.15) is 12.1 Å². The van der Waals surface area contributed by atoms with E-state index in [9.17, 15) is 9.59 Å². The second kappa shape index (κ2) is 4.39. The van der Waals surface area contributed by atoms with Crippen molar-refractivity contribution in [3.63, 3.8) is 0 Å². The molecule has 0 aromatic rings. The lowest BCUT2D eigenvalue weighted by atomic mass is 10.0. The summed E-state index contributed by atoms with van der Waals surface area (Å²) in [6, 6.07) is -1.35. The van der Waals surface area contributed by atoms with Crippen LogP contribution in [0.5, 0.6) is 0 Å². The highest BCUT2D eigenvalue weighted by Crippen LogP contribution is 2.17. The monoisotopic (exact) mass is 202 g/mol. The van der Waals surface area contributed by atoms with Crippen LogP contribution in [-0.4, -0.2) is 52.2 Å². The van der Waals surface area contributed by atoms with Crippen molar-refractivity contribution in [2.24, 2.45) is 5.73 Å². The Morgan fingerprint density at radius 3 is 2.50 bits per heavy atom. The summed E-state index contributed by atoms with van der Waals surface area (Å²) in [6.45, 7) is 1.15. The summed E-state index contributed by atoms with van der Waals surface area (Å²) in [5.41, 5.74) is 5.29. The molecule has 0 radical (unpaired) electrons. The molecule has 0 aromatic carbocycles. The maximum Gasteiger partial charge on any atom is 0.320 e. The first-order valence-corrected chi connectivity index (χ1v) is 4.47. The van der Waals surface area contributed by atoms with Gasteiger partial charge in [-0.05, 0) is 12.8 Å². The Kier molecular flexibility index (Phi) is 3.43. The van der Waals surface area contributed by atoms with Crippen LogP contribution < -0.4 is 5.73 Å². The van der Waals surface area contributed by atoms with Crippen LogP contribution in [0.3, 0.4) is 0 Å². The number of rotatable bonds is 5. The molecule has 1 fully saturated rings. The minimum atomic E-state index is -1.04. The van der Waals surface area contributed by atoms with Crippen LogP contribution in [0, 0.1) is 0 Å². The fraction of sp³-hybridized carbons (Fsp3) is 0.750. The quantitative estimate of drug-likeness (QED) is 0.525. The molecule has 4 N–H and O–H groups in total. The Morgan fingerprint density at radius 1 is 1.50 bits per heavy atom. The van der Waals surface area contributed by atoms with Gasteiger partial charge in [-0.2, -0.15) is 0 Å². The number of nitrogens with zero attached hydrogens (tertiary/aromatic N) is 1. The van der Waals surface area contributed by atoms with E-state index in [0.29, 0.717) is 25.9 Å². The summed E-state index contributed by atoms with van der Waals surface area (Å²) in [6.07, 6.45) is 0.927.